The number of carbonyl (C=O) groups is 2. The van der Waals surface area contributed by atoms with Gasteiger partial charge in [0.2, 0.25) is 0 Å². The predicted molar refractivity (Wildman–Crippen MR) is 62.5 cm³/mol. The normalized spacial score (nSPS) is 11.9. The maximum Gasteiger partial charge on any atom is 0.349 e. The highest BCUT2D eigenvalue weighted by molar-refractivity contribution is 7.55. The van der Waals surface area contributed by atoms with Gasteiger partial charge in [-0.1, -0.05) is 6.58 Å². The Kier molecular flexibility index (Phi) is 6.54. The van der Waals surface area contributed by atoms with Gasteiger partial charge in [-0.3, -0.25) is 4.57 Å². The molecular weight excluding hydrogens is 263 g/mol. The summed E-state index contributed by atoms with van der Waals surface area (Å²) in [5.74, 6) is -0.979. The third kappa shape index (κ3) is 7.78. The van der Waals surface area contributed by atoms with Gasteiger partial charge in [0, 0.05) is 17.0 Å². The lowest BCUT2D eigenvalue weighted by Gasteiger charge is -2.06. The predicted octanol–water partition coefficient (Wildman–Crippen LogP) is 0.730. The summed E-state index contributed by atoms with van der Waals surface area (Å²) in [7, 11) is -4.40. The summed E-state index contributed by atoms with van der Waals surface area (Å²) in [5, 5.41) is 0. The standard InChI is InChI=1S/C10H15O7P/c1-7(2)9(11)16-4-5-17-10(12)8(3)6-18(13,14)15/h6H,1,4-5H2,2-3H3,(H2,13,14,15). The van der Waals surface area contributed by atoms with E-state index in [2.05, 4.69) is 16.1 Å². The lowest BCUT2D eigenvalue weighted by Crippen LogP contribution is -2.14. The number of ether oxygens (including phenoxy) is 2. The van der Waals surface area contributed by atoms with E-state index in [4.69, 9.17) is 9.79 Å². The minimum absolute atomic E-state index is 0.152. The summed E-state index contributed by atoms with van der Waals surface area (Å²) in [4.78, 5) is 39.3. The van der Waals surface area contributed by atoms with Gasteiger partial charge in [-0.15, -0.1) is 0 Å². The van der Waals surface area contributed by atoms with Crippen LogP contribution in [0.4, 0.5) is 0 Å². The Morgan fingerprint density at radius 2 is 1.61 bits per heavy atom. The highest BCUT2D eigenvalue weighted by Crippen LogP contribution is 2.37. The van der Waals surface area contributed by atoms with Crippen molar-refractivity contribution in [2.75, 3.05) is 13.2 Å². The smallest absolute Gasteiger partial charge is 0.349 e. The molecule has 102 valence electrons. The molecule has 0 aliphatic heterocycles. The molecule has 7 nitrogen and oxygen atoms in total. The second-order valence-corrected chi connectivity index (χ2v) is 4.89. The van der Waals surface area contributed by atoms with Crippen LogP contribution in [0.3, 0.4) is 0 Å². The first-order chi connectivity index (χ1) is 8.13. The number of hydrogen-bond donors (Lipinski definition) is 2. The average Bonchev–Trinajstić information content (AvgIpc) is 2.20. The van der Waals surface area contributed by atoms with Crippen molar-refractivity contribution in [1.82, 2.24) is 0 Å². The van der Waals surface area contributed by atoms with Gasteiger partial charge in [-0.05, 0) is 13.8 Å². The summed E-state index contributed by atoms with van der Waals surface area (Å²) in [6.07, 6.45) is 0. The molecule has 0 heterocycles. The van der Waals surface area contributed by atoms with Gasteiger partial charge in [0.15, 0.2) is 0 Å². The van der Waals surface area contributed by atoms with Crippen LogP contribution in [0.15, 0.2) is 23.5 Å². The van der Waals surface area contributed by atoms with Crippen LogP contribution in [0.5, 0.6) is 0 Å². The van der Waals surface area contributed by atoms with E-state index in [1.165, 1.54) is 13.8 Å². The van der Waals surface area contributed by atoms with E-state index in [0.717, 1.165) is 0 Å². The van der Waals surface area contributed by atoms with E-state index in [9.17, 15) is 14.2 Å². The first kappa shape index (κ1) is 16.6. The van der Waals surface area contributed by atoms with Crippen LogP contribution in [0.1, 0.15) is 13.8 Å². The van der Waals surface area contributed by atoms with Crippen LogP contribution in [0.25, 0.3) is 0 Å². The fourth-order valence-electron chi connectivity index (χ4n) is 0.811. The van der Waals surface area contributed by atoms with Crippen molar-refractivity contribution in [3.63, 3.8) is 0 Å². The zero-order valence-electron chi connectivity index (χ0n) is 10.1. The van der Waals surface area contributed by atoms with Gasteiger partial charge in [-0.25, -0.2) is 9.59 Å². The Morgan fingerprint density at radius 1 is 1.17 bits per heavy atom. The van der Waals surface area contributed by atoms with Crippen molar-refractivity contribution in [2.45, 2.75) is 13.8 Å². The van der Waals surface area contributed by atoms with Crippen molar-refractivity contribution in [3.05, 3.63) is 23.5 Å². The summed E-state index contributed by atoms with van der Waals surface area (Å²) in [5.41, 5.74) is 0.00784. The molecule has 0 atom stereocenters. The van der Waals surface area contributed by atoms with Gasteiger partial charge in [-0.2, -0.15) is 0 Å². The van der Waals surface area contributed by atoms with Gasteiger partial charge in [0.1, 0.15) is 13.2 Å². The van der Waals surface area contributed by atoms with Gasteiger partial charge >= 0.3 is 19.5 Å². The molecule has 0 unspecified atom stereocenters. The zero-order valence-corrected chi connectivity index (χ0v) is 11.0. The van der Waals surface area contributed by atoms with Crippen LogP contribution >= 0.6 is 7.60 Å². The SMILES string of the molecule is C=C(C)C(=O)OCCOC(=O)C(C)=CP(=O)(O)O. The fraction of sp³-hybridized carbons (Fsp3) is 0.400. The third-order valence-electron chi connectivity index (χ3n) is 1.58. The van der Waals surface area contributed by atoms with E-state index < -0.39 is 19.5 Å². The first-order valence-corrected chi connectivity index (χ1v) is 6.56. The van der Waals surface area contributed by atoms with Crippen molar-refractivity contribution < 1.29 is 33.4 Å². The van der Waals surface area contributed by atoms with Crippen molar-refractivity contribution in [2.24, 2.45) is 0 Å². The molecule has 0 bridgehead atoms. The summed E-state index contributed by atoms with van der Waals surface area (Å²) in [6, 6.07) is 0. The molecule has 0 rings (SSSR count). The molecule has 0 fully saturated rings. The second kappa shape index (κ2) is 7.10. The fourth-order valence-corrected chi connectivity index (χ4v) is 1.42. The maximum atomic E-state index is 11.2. The molecule has 0 saturated heterocycles. The summed E-state index contributed by atoms with van der Waals surface area (Å²) in [6.45, 7) is 5.69. The lowest BCUT2D eigenvalue weighted by atomic mass is 10.4. The lowest BCUT2D eigenvalue weighted by molar-refractivity contribution is -0.147. The first-order valence-electron chi connectivity index (χ1n) is 4.88. The second-order valence-electron chi connectivity index (χ2n) is 3.45. The van der Waals surface area contributed by atoms with Gasteiger partial charge < -0.3 is 19.3 Å². The molecule has 0 aromatic heterocycles. The van der Waals surface area contributed by atoms with E-state index in [0.29, 0.717) is 5.82 Å². The molecule has 18 heavy (non-hydrogen) atoms. The quantitative estimate of drug-likeness (QED) is 0.319. The topological polar surface area (TPSA) is 110 Å². The average molecular weight is 278 g/mol. The van der Waals surface area contributed by atoms with Crippen LogP contribution in [0.2, 0.25) is 0 Å². The minimum atomic E-state index is -4.40. The van der Waals surface area contributed by atoms with Crippen LogP contribution in [-0.4, -0.2) is 34.9 Å². The largest absolute Gasteiger partial charge is 0.459 e. The molecule has 0 radical (unpaired) electrons. The van der Waals surface area contributed by atoms with Crippen LogP contribution in [0, 0.1) is 0 Å². The Morgan fingerprint density at radius 3 is 2.00 bits per heavy atom. The monoisotopic (exact) mass is 278 g/mol. The highest BCUT2D eigenvalue weighted by atomic mass is 31.2. The number of esters is 2. The molecule has 0 saturated carbocycles. The molecular formula is C10H15O7P. The van der Waals surface area contributed by atoms with Crippen molar-refractivity contribution in [3.8, 4) is 0 Å². The van der Waals surface area contributed by atoms with Crippen LogP contribution in [-0.2, 0) is 23.6 Å². The number of rotatable bonds is 6. The Balaban J connectivity index is 4.06. The van der Waals surface area contributed by atoms with E-state index >= 15 is 0 Å². The highest BCUT2D eigenvalue weighted by Gasteiger charge is 2.14. The van der Waals surface area contributed by atoms with Crippen molar-refractivity contribution in [1.29, 1.82) is 0 Å². The Bertz CT molecular complexity index is 418. The minimum Gasteiger partial charge on any atom is -0.459 e. The molecule has 0 spiro atoms. The molecule has 0 aromatic rings. The summed E-state index contributed by atoms with van der Waals surface area (Å²) < 4.78 is 19.8. The van der Waals surface area contributed by atoms with Gasteiger partial charge in [0.05, 0.1) is 0 Å². The van der Waals surface area contributed by atoms with E-state index in [1.807, 2.05) is 0 Å². The zero-order chi connectivity index (χ0) is 14.3. The van der Waals surface area contributed by atoms with Crippen LogP contribution < -0.4 is 0 Å². The molecule has 0 aliphatic rings. The Hall–Kier alpha value is -1.43. The van der Waals surface area contributed by atoms with E-state index in [1.54, 1.807) is 0 Å². The molecule has 0 aromatic carbocycles. The van der Waals surface area contributed by atoms with Crippen molar-refractivity contribution >= 4 is 19.5 Å². The summed E-state index contributed by atoms with van der Waals surface area (Å²) >= 11 is 0. The molecule has 8 heteroatoms. The molecule has 0 aliphatic carbocycles. The number of carbonyl (C=O) groups excluding carboxylic acids is 2. The number of hydrogen-bond acceptors (Lipinski definition) is 5. The third-order valence-corrected chi connectivity index (χ3v) is 2.31. The Labute approximate surface area is 104 Å². The van der Waals surface area contributed by atoms with E-state index in [-0.39, 0.29) is 24.4 Å². The molecule has 2 N–H and O–H groups in total. The maximum absolute atomic E-state index is 11.2. The van der Waals surface area contributed by atoms with Gasteiger partial charge in [0.25, 0.3) is 0 Å². The molecule has 0 amide bonds.